The van der Waals surface area contributed by atoms with E-state index in [1.54, 1.807) is 0 Å². The number of amides is 1. The summed E-state index contributed by atoms with van der Waals surface area (Å²) in [6, 6.07) is 7.82. The molecule has 0 aromatic heterocycles. The first-order valence-electron chi connectivity index (χ1n) is 7.59. The number of halogens is 3. The molecule has 1 heterocycles. The van der Waals surface area contributed by atoms with Crippen LogP contribution < -0.4 is 4.90 Å². The number of hydrogen-bond donors (Lipinski definition) is 2. The summed E-state index contributed by atoms with van der Waals surface area (Å²) in [5, 5.41) is 18.9. The molecular formula is C18H10F3NO4S2. The summed E-state index contributed by atoms with van der Waals surface area (Å²) in [7, 11) is 0. The van der Waals surface area contributed by atoms with Gasteiger partial charge in [-0.25, -0.2) is 4.79 Å². The average Bonchev–Trinajstić information content (AvgIpc) is 2.89. The van der Waals surface area contributed by atoms with Gasteiger partial charge in [0, 0.05) is 5.56 Å². The van der Waals surface area contributed by atoms with E-state index in [-0.39, 0.29) is 31.8 Å². The molecule has 10 heteroatoms. The summed E-state index contributed by atoms with van der Waals surface area (Å²) in [6.07, 6.45) is -3.27. The van der Waals surface area contributed by atoms with Crippen molar-refractivity contribution in [1.82, 2.24) is 0 Å². The normalized spacial score (nSPS) is 16.1. The number of carboxylic acid groups (broad SMARTS) is 1. The quantitative estimate of drug-likeness (QED) is 0.556. The zero-order valence-electron chi connectivity index (χ0n) is 13.7. The zero-order valence-corrected chi connectivity index (χ0v) is 15.4. The second-order valence-corrected chi connectivity index (χ2v) is 7.32. The Balaban J connectivity index is 1.94. The zero-order chi connectivity index (χ0) is 20.6. The maximum atomic E-state index is 12.9. The van der Waals surface area contributed by atoms with Crippen molar-refractivity contribution in [3.05, 3.63) is 64.1 Å². The number of aromatic hydroxyl groups is 1. The van der Waals surface area contributed by atoms with Crippen LogP contribution in [-0.2, 0) is 11.0 Å². The van der Waals surface area contributed by atoms with Gasteiger partial charge in [-0.1, -0.05) is 36.1 Å². The lowest BCUT2D eigenvalue weighted by Crippen LogP contribution is -2.27. The van der Waals surface area contributed by atoms with E-state index in [4.69, 9.17) is 17.3 Å². The summed E-state index contributed by atoms with van der Waals surface area (Å²) in [5.74, 6) is -2.22. The number of carbonyl (C=O) groups is 2. The van der Waals surface area contributed by atoms with Crippen LogP contribution in [0.4, 0.5) is 18.9 Å². The van der Waals surface area contributed by atoms with Crippen LogP contribution in [0.25, 0.3) is 6.08 Å². The average molecular weight is 425 g/mol. The van der Waals surface area contributed by atoms with E-state index in [2.05, 4.69) is 0 Å². The maximum Gasteiger partial charge on any atom is 0.416 e. The Hall–Kier alpha value is -2.85. The number of thioether (sulfide) groups is 1. The monoisotopic (exact) mass is 425 g/mol. The minimum Gasteiger partial charge on any atom is -0.507 e. The molecule has 0 spiro atoms. The van der Waals surface area contributed by atoms with Gasteiger partial charge >= 0.3 is 12.1 Å². The molecule has 0 unspecified atom stereocenters. The van der Waals surface area contributed by atoms with Crippen LogP contribution in [0.5, 0.6) is 5.75 Å². The molecule has 0 aliphatic carbocycles. The number of benzene rings is 2. The van der Waals surface area contributed by atoms with Gasteiger partial charge in [0.15, 0.2) is 4.32 Å². The fourth-order valence-corrected chi connectivity index (χ4v) is 3.74. The molecule has 2 aromatic carbocycles. The Morgan fingerprint density at radius 1 is 1.18 bits per heavy atom. The first kappa shape index (κ1) is 19.9. The molecule has 0 saturated carbocycles. The number of phenols is 1. The van der Waals surface area contributed by atoms with Crippen LogP contribution in [-0.4, -0.2) is 26.4 Å². The van der Waals surface area contributed by atoms with Crippen molar-refractivity contribution in [2.24, 2.45) is 0 Å². The van der Waals surface area contributed by atoms with E-state index in [0.29, 0.717) is 0 Å². The Morgan fingerprint density at radius 3 is 2.50 bits per heavy atom. The van der Waals surface area contributed by atoms with E-state index >= 15 is 0 Å². The van der Waals surface area contributed by atoms with Crippen molar-refractivity contribution >= 4 is 51.9 Å². The van der Waals surface area contributed by atoms with Gasteiger partial charge in [-0.15, -0.1) is 0 Å². The second kappa shape index (κ2) is 7.28. The highest BCUT2D eigenvalue weighted by Gasteiger charge is 2.36. The maximum absolute atomic E-state index is 12.9. The molecule has 1 aliphatic rings. The van der Waals surface area contributed by atoms with Crippen molar-refractivity contribution in [3.8, 4) is 5.75 Å². The lowest BCUT2D eigenvalue weighted by molar-refractivity contribution is -0.137. The van der Waals surface area contributed by atoms with E-state index in [9.17, 15) is 27.9 Å². The van der Waals surface area contributed by atoms with Crippen molar-refractivity contribution in [2.45, 2.75) is 6.18 Å². The SMILES string of the molecule is O=C(O)c1ccc(C=C2SC(=S)N(c3cccc(C(F)(F)F)c3)C2=O)c(O)c1. The molecule has 2 aromatic rings. The number of carboxylic acids is 1. The lowest BCUT2D eigenvalue weighted by atomic mass is 10.1. The Labute approximate surface area is 166 Å². The van der Waals surface area contributed by atoms with Gasteiger partial charge in [0.05, 0.1) is 21.7 Å². The predicted octanol–water partition coefficient (Wildman–Crippen LogP) is 4.52. The molecule has 2 N–H and O–H groups in total. The first-order valence-corrected chi connectivity index (χ1v) is 8.82. The second-order valence-electron chi connectivity index (χ2n) is 5.64. The van der Waals surface area contributed by atoms with Gasteiger partial charge in [-0.2, -0.15) is 13.2 Å². The van der Waals surface area contributed by atoms with Crippen molar-refractivity contribution < 1.29 is 33.0 Å². The van der Waals surface area contributed by atoms with Crippen LogP contribution in [0, 0.1) is 0 Å². The molecule has 3 rings (SSSR count). The van der Waals surface area contributed by atoms with Gasteiger partial charge < -0.3 is 10.2 Å². The molecule has 144 valence electrons. The third-order valence-corrected chi connectivity index (χ3v) is 5.09. The predicted molar refractivity (Wildman–Crippen MR) is 102 cm³/mol. The summed E-state index contributed by atoms with van der Waals surface area (Å²) >= 11 is 5.99. The van der Waals surface area contributed by atoms with Crippen LogP contribution in [0.1, 0.15) is 21.5 Å². The number of anilines is 1. The fourth-order valence-electron chi connectivity index (χ4n) is 2.45. The molecule has 1 fully saturated rings. The highest BCUT2D eigenvalue weighted by molar-refractivity contribution is 8.27. The largest absolute Gasteiger partial charge is 0.507 e. The van der Waals surface area contributed by atoms with E-state index in [1.165, 1.54) is 30.3 Å². The molecule has 28 heavy (non-hydrogen) atoms. The van der Waals surface area contributed by atoms with Crippen molar-refractivity contribution in [2.75, 3.05) is 4.90 Å². The minimum absolute atomic E-state index is 0.0221. The van der Waals surface area contributed by atoms with Crippen molar-refractivity contribution in [3.63, 3.8) is 0 Å². The topological polar surface area (TPSA) is 77.8 Å². The number of aromatic carboxylic acids is 1. The molecular weight excluding hydrogens is 415 g/mol. The molecule has 5 nitrogen and oxygen atoms in total. The number of rotatable bonds is 3. The van der Waals surface area contributed by atoms with Crippen LogP contribution in [0.2, 0.25) is 0 Å². The van der Waals surface area contributed by atoms with E-state index in [1.807, 2.05) is 0 Å². The van der Waals surface area contributed by atoms with Gasteiger partial charge in [-0.3, -0.25) is 9.69 Å². The summed E-state index contributed by atoms with van der Waals surface area (Å²) < 4.78 is 38.8. The highest BCUT2D eigenvalue weighted by atomic mass is 32.2. The van der Waals surface area contributed by atoms with Gasteiger partial charge in [0.1, 0.15) is 5.75 Å². The van der Waals surface area contributed by atoms with Gasteiger partial charge in [0.25, 0.3) is 5.91 Å². The van der Waals surface area contributed by atoms with Gasteiger partial charge in [0.2, 0.25) is 0 Å². The number of carbonyl (C=O) groups excluding carboxylic acids is 1. The number of nitrogens with zero attached hydrogens (tertiary/aromatic N) is 1. The summed E-state index contributed by atoms with van der Waals surface area (Å²) in [6.45, 7) is 0. The number of thiocarbonyl (C=S) groups is 1. The lowest BCUT2D eigenvalue weighted by Gasteiger charge is -2.16. The molecule has 0 bridgehead atoms. The van der Waals surface area contributed by atoms with Crippen LogP contribution in [0.15, 0.2) is 47.4 Å². The smallest absolute Gasteiger partial charge is 0.416 e. The summed E-state index contributed by atoms with van der Waals surface area (Å²) in [5.41, 5.74) is -0.892. The van der Waals surface area contributed by atoms with Gasteiger partial charge in [-0.05, 0) is 36.4 Å². The Kier molecular flexibility index (Phi) is 5.18. The third kappa shape index (κ3) is 3.87. The Morgan fingerprint density at radius 2 is 1.89 bits per heavy atom. The number of alkyl halides is 3. The number of phenolic OH excluding ortho intramolecular Hbond substituents is 1. The third-order valence-electron chi connectivity index (χ3n) is 3.79. The van der Waals surface area contributed by atoms with Crippen LogP contribution in [0.3, 0.4) is 0 Å². The fraction of sp³-hybridized carbons (Fsp3) is 0.0556. The number of hydrogen-bond acceptors (Lipinski definition) is 5. The molecule has 0 radical (unpaired) electrons. The van der Waals surface area contributed by atoms with Crippen molar-refractivity contribution in [1.29, 1.82) is 0 Å². The summed E-state index contributed by atoms with van der Waals surface area (Å²) in [4.78, 5) is 24.6. The minimum atomic E-state index is -4.57. The molecule has 1 amide bonds. The molecule has 1 aliphatic heterocycles. The molecule has 0 atom stereocenters. The highest BCUT2D eigenvalue weighted by Crippen LogP contribution is 2.39. The van der Waals surface area contributed by atoms with E-state index in [0.717, 1.165) is 34.9 Å². The molecule has 1 saturated heterocycles. The van der Waals surface area contributed by atoms with E-state index < -0.39 is 23.6 Å². The first-order chi connectivity index (χ1) is 13.1. The standard InChI is InChI=1S/C18H10F3NO4S2/c19-18(20,21)11-2-1-3-12(8-11)22-15(24)14(28-17(22)27)7-9-4-5-10(16(25)26)6-13(9)23/h1-8,23H,(H,25,26). The Bertz CT molecular complexity index is 1030. The van der Waals surface area contributed by atoms with Crippen LogP contribution >= 0.6 is 24.0 Å².